The van der Waals surface area contributed by atoms with Gasteiger partial charge in [0.2, 0.25) is 0 Å². The molecule has 1 atom stereocenters. The molecule has 1 aliphatic heterocycles. The van der Waals surface area contributed by atoms with Crippen LogP contribution in [-0.2, 0) is 6.54 Å². The van der Waals surface area contributed by atoms with Gasteiger partial charge >= 0.3 is 0 Å². The first-order chi connectivity index (χ1) is 9.74. The second-order valence-corrected chi connectivity index (χ2v) is 7.29. The van der Waals surface area contributed by atoms with Crippen molar-refractivity contribution in [2.24, 2.45) is 4.99 Å². The normalized spacial score (nSPS) is 23.0. The second kappa shape index (κ2) is 7.99. The number of hydrogen-bond donors (Lipinski definition) is 2. The van der Waals surface area contributed by atoms with Gasteiger partial charge in [-0.15, -0.1) is 35.3 Å². The summed E-state index contributed by atoms with van der Waals surface area (Å²) in [5, 5.41) is 6.88. The Morgan fingerprint density at radius 3 is 2.86 bits per heavy atom. The number of hydrogen-bond acceptors (Lipinski definition) is 3. The minimum atomic E-state index is 0. The fourth-order valence-corrected chi connectivity index (χ4v) is 3.71. The fourth-order valence-electron chi connectivity index (χ4n) is 2.68. The van der Waals surface area contributed by atoms with Crippen molar-refractivity contribution in [2.45, 2.75) is 37.9 Å². The summed E-state index contributed by atoms with van der Waals surface area (Å²) in [6.07, 6.45) is 3.99. The third-order valence-corrected chi connectivity index (χ3v) is 5.14. The van der Waals surface area contributed by atoms with Crippen LogP contribution in [-0.4, -0.2) is 43.1 Å². The summed E-state index contributed by atoms with van der Waals surface area (Å²) >= 11 is 7.55. The molecule has 2 N–H and O–H groups in total. The highest BCUT2D eigenvalue weighted by molar-refractivity contribution is 14.0. The van der Waals surface area contributed by atoms with E-state index in [4.69, 9.17) is 11.6 Å². The van der Waals surface area contributed by atoms with E-state index >= 15 is 0 Å². The summed E-state index contributed by atoms with van der Waals surface area (Å²) in [6, 6.07) is 5.38. The molecule has 118 valence electrons. The van der Waals surface area contributed by atoms with Crippen LogP contribution in [0.15, 0.2) is 17.1 Å². The van der Waals surface area contributed by atoms with Gasteiger partial charge in [0.05, 0.1) is 10.9 Å². The van der Waals surface area contributed by atoms with E-state index in [-0.39, 0.29) is 24.0 Å². The first kappa shape index (κ1) is 17.3. The molecule has 1 aromatic heterocycles. The minimum Gasteiger partial charge on any atom is -0.352 e. The van der Waals surface area contributed by atoms with E-state index in [0.717, 1.165) is 29.4 Å². The molecule has 1 unspecified atom stereocenters. The first-order valence-electron chi connectivity index (χ1n) is 7.20. The lowest BCUT2D eigenvalue weighted by molar-refractivity contribution is 0.321. The molecule has 2 fully saturated rings. The van der Waals surface area contributed by atoms with Gasteiger partial charge in [-0.1, -0.05) is 11.6 Å². The van der Waals surface area contributed by atoms with E-state index in [1.807, 2.05) is 13.1 Å². The highest BCUT2D eigenvalue weighted by Crippen LogP contribution is 2.29. The first-order valence-corrected chi connectivity index (χ1v) is 8.39. The van der Waals surface area contributed by atoms with E-state index in [1.165, 1.54) is 30.7 Å². The van der Waals surface area contributed by atoms with E-state index < -0.39 is 0 Å². The predicted molar refractivity (Wildman–Crippen MR) is 101 cm³/mol. The quantitative estimate of drug-likeness (QED) is 0.430. The lowest BCUT2D eigenvalue weighted by atomic mass is 10.3. The Labute approximate surface area is 152 Å². The van der Waals surface area contributed by atoms with Gasteiger partial charge in [-0.25, -0.2) is 0 Å². The predicted octanol–water partition coefficient (Wildman–Crippen LogP) is 2.92. The van der Waals surface area contributed by atoms with Gasteiger partial charge in [0.1, 0.15) is 0 Å². The lowest BCUT2D eigenvalue weighted by Crippen LogP contribution is -2.44. The zero-order chi connectivity index (χ0) is 13.9. The molecular weight excluding hydrogens is 419 g/mol. The van der Waals surface area contributed by atoms with Crippen LogP contribution >= 0.6 is 46.9 Å². The van der Waals surface area contributed by atoms with Crippen LogP contribution in [0, 0.1) is 0 Å². The van der Waals surface area contributed by atoms with Crippen molar-refractivity contribution in [2.75, 3.05) is 20.1 Å². The number of halogens is 2. The third-order valence-electron chi connectivity index (χ3n) is 3.91. The Bertz CT molecular complexity index is 489. The van der Waals surface area contributed by atoms with Gasteiger partial charge in [-0.2, -0.15) is 0 Å². The molecule has 0 radical (unpaired) electrons. The molecule has 0 spiro atoms. The van der Waals surface area contributed by atoms with Gasteiger partial charge < -0.3 is 10.6 Å². The maximum absolute atomic E-state index is 5.94. The molecule has 0 aromatic carbocycles. The topological polar surface area (TPSA) is 39.7 Å². The average molecular weight is 441 g/mol. The van der Waals surface area contributed by atoms with Crippen molar-refractivity contribution in [3.05, 3.63) is 21.3 Å². The van der Waals surface area contributed by atoms with Gasteiger partial charge in [0.15, 0.2) is 5.96 Å². The highest BCUT2D eigenvalue weighted by atomic mass is 127. The maximum Gasteiger partial charge on any atom is 0.191 e. The van der Waals surface area contributed by atoms with Crippen LogP contribution in [0.3, 0.4) is 0 Å². The highest BCUT2D eigenvalue weighted by Gasteiger charge is 2.34. The zero-order valence-corrected chi connectivity index (χ0v) is 16.0. The average Bonchev–Trinajstić information content (AvgIpc) is 3.06. The molecular formula is C14H22ClIN4S. The summed E-state index contributed by atoms with van der Waals surface area (Å²) in [5.41, 5.74) is 0. The summed E-state index contributed by atoms with van der Waals surface area (Å²) in [7, 11) is 1.82. The number of guanidine groups is 1. The molecule has 2 aliphatic rings. The summed E-state index contributed by atoms with van der Waals surface area (Å²) in [4.78, 5) is 8.13. The number of likely N-dealkylation sites (tertiary alicyclic amines) is 1. The van der Waals surface area contributed by atoms with E-state index in [9.17, 15) is 0 Å². The van der Waals surface area contributed by atoms with Gasteiger partial charge in [-0.3, -0.25) is 9.89 Å². The Morgan fingerprint density at radius 1 is 1.43 bits per heavy atom. The number of nitrogens with one attached hydrogen (secondary N) is 2. The summed E-state index contributed by atoms with van der Waals surface area (Å²) in [6.45, 7) is 3.15. The maximum atomic E-state index is 5.94. The van der Waals surface area contributed by atoms with Crippen LogP contribution in [0.2, 0.25) is 4.34 Å². The molecule has 0 bridgehead atoms. The van der Waals surface area contributed by atoms with Crippen LogP contribution < -0.4 is 10.6 Å². The number of thiophene rings is 1. The Morgan fingerprint density at radius 2 is 2.24 bits per heavy atom. The van der Waals surface area contributed by atoms with Crippen LogP contribution in [0.1, 0.15) is 24.1 Å². The van der Waals surface area contributed by atoms with Gasteiger partial charge in [-0.05, 0) is 31.4 Å². The number of rotatable bonds is 4. The molecule has 1 saturated carbocycles. The monoisotopic (exact) mass is 440 g/mol. The van der Waals surface area contributed by atoms with E-state index in [0.29, 0.717) is 6.04 Å². The van der Waals surface area contributed by atoms with Crippen LogP contribution in [0.5, 0.6) is 0 Å². The molecule has 2 heterocycles. The van der Waals surface area contributed by atoms with Crippen molar-refractivity contribution in [3.63, 3.8) is 0 Å². The van der Waals surface area contributed by atoms with Crippen molar-refractivity contribution >= 4 is 52.9 Å². The van der Waals surface area contributed by atoms with E-state index in [2.05, 4.69) is 26.6 Å². The molecule has 21 heavy (non-hydrogen) atoms. The molecule has 1 saturated heterocycles. The van der Waals surface area contributed by atoms with Gasteiger partial charge in [0.25, 0.3) is 0 Å². The van der Waals surface area contributed by atoms with Crippen molar-refractivity contribution in [1.29, 1.82) is 0 Å². The Balaban J connectivity index is 0.00000161. The SMILES string of the molecule is CN=C(NCc1ccc(Cl)s1)NC1CCN(C2CC2)C1.I. The summed E-state index contributed by atoms with van der Waals surface area (Å²) in [5.74, 6) is 0.886. The number of aliphatic imine (C=N–C) groups is 1. The largest absolute Gasteiger partial charge is 0.352 e. The molecule has 7 heteroatoms. The fraction of sp³-hybridized carbons (Fsp3) is 0.643. The molecule has 1 aromatic rings. The second-order valence-electron chi connectivity index (χ2n) is 5.49. The molecule has 4 nitrogen and oxygen atoms in total. The molecule has 3 rings (SSSR count). The zero-order valence-electron chi connectivity index (χ0n) is 12.1. The van der Waals surface area contributed by atoms with Crippen molar-refractivity contribution < 1.29 is 0 Å². The van der Waals surface area contributed by atoms with Crippen LogP contribution in [0.25, 0.3) is 0 Å². The van der Waals surface area contributed by atoms with Gasteiger partial charge in [0, 0.05) is 37.1 Å². The van der Waals surface area contributed by atoms with Crippen LogP contribution in [0.4, 0.5) is 0 Å². The number of nitrogens with zero attached hydrogens (tertiary/aromatic N) is 2. The minimum absolute atomic E-state index is 0. The Kier molecular flexibility index (Phi) is 6.58. The molecule has 1 aliphatic carbocycles. The Hall–Kier alpha value is -0.0500. The third kappa shape index (κ3) is 4.97. The van der Waals surface area contributed by atoms with Crippen molar-refractivity contribution in [1.82, 2.24) is 15.5 Å². The smallest absolute Gasteiger partial charge is 0.191 e. The summed E-state index contributed by atoms with van der Waals surface area (Å²) < 4.78 is 0.834. The van der Waals surface area contributed by atoms with Crippen molar-refractivity contribution in [3.8, 4) is 0 Å². The van der Waals surface area contributed by atoms with E-state index in [1.54, 1.807) is 11.3 Å². The molecule has 0 amide bonds. The lowest BCUT2D eigenvalue weighted by Gasteiger charge is -2.18. The standard InChI is InChI=1S/C14H21ClN4S.HI/c1-16-14(17-8-12-4-5-13(15)20-12)18-10-6-7-19(9-10)11-2-3-11;/h4-5,10-11H,2-3,6-9H2,1H3,(H2,16,17,18);1H.